The maximum atomic E-state index is 12.6. The van der Waals surface area contributed by atoms with E-state index in [1.807, 2.05) is 24.3 Å². The van der Waals surface area contributed by atoms with Crippen LogP contribution >= 0.6 is 11.6 Å². The minimum atomic E-state index is -0.238. The number of piperazine rings is 1. The van der Waals surface area contributed by atoms with Gasteiger partial charge in [0.05, 0.1) is 0 Å². The summed E-state index contributed by atoms with van der Waals surface area (Å²) in [7, 11) is 0. The highest BCUT2D eigenvalue weighted by Crippen LogP contribution is 2.22. The van der Waals surface area contributed by atoms with Crippen LogP contribution in [0.25, 0.3) is 11.5 Å². The zero-order chi connectivity index (χ0) is 17.9. The van der Waals surface area contributed by atoms with Gasteiger partial charge in [0, 0.05) is 42.5 Å². The molecular formula is C19H17ClN4O2. The molecule has 0 atom stereocenters. The van der Waals surface area contributed by atoms with Gasteiger partial charge in [-0.05, 0) is 30.3 Å². The van der Waals surface area contributed by atoms with E-state index in [1.54, 1.807) is 23.1 Å². The zero-order valence-electron chi connectivity index (χ0n) is 14.0. The number of halogens is 1. The van der Waals surface area contributed by atoms with Crippen molar-refractivity contribution in [3.8, 4) is 11.5 Å². The second-order valence-corrected chi connectivity index (χ2v) is 6.47. The molecule has 2 heterocycles. The summed E-state index contributed by atoms with van der Waals surface area (Å²) in [6.07, 6.45) is 0. The maximum absolute atomic E-state index is 12.6. The summed E-state index contributed by atoms with van der Waals surface area (Å²) >= 11 is 5.98. The van der Waals surface area contributed by atoms with Gasteiger partial charge in [0.15, 0.2) is 0 Å². The average molecular weight is 369 g/mol. The molecule has 1 fully saturated rings. The first kappa shape index (κ1) is 16.6. The van der Waals surface area contributed by atoms with Crippen molar-refractivity contribution >= 4 is 23.2 Å². The second-order valence-electron chi connectivity index (χ2n) is 6.04. The number of rotatable bonds is 3. The summed E-state index contributed by atoms with van der Waals surface area (Å²) in [6.45, 7) is 2.77. The van der Waals surface area contributed by atoms with Crippen LogP contribution in [0.15, 0.2) is 59.0 Å². The molecule has 4 rings (SSSR count). The number of nitrogens with zero attached hydrogens (tertiary/aromatic N) is 4. The average Bonchev–Trinajstić information content (AvgIpc) is 3.18. The molecule has 0 bridgehead atoms. The first-order valence-corrected chi connectivity index (χ1v) is 8.77. The lowest BCUT2D eigenvalue weighted by Crippen LogP contribution is -2.48. The van der Waals surface area contributed by atoms with Crippen LogP contribution in [0.3, 0.4) is 0 Å². The van der Waals surface area contributed by atoms with E-state index in [1.165, 1.54) is 5.69 Å². The smallest absolute Gasteiger partial charge is 0.311 e. The highest BCUT2D eigenvalue weighted by Gasteiger charge is 2.26. The molecule has 0 spiro atoms. The predicted octanol–water partition coefficient (Wildman–Crippen LogP) is 3.35. The first-order valence-electron chi connectivity index (χ1n) is 8.39. The van der Waals surface area contributed by atoms with Crippen LogP contribution < -0.4 is 4.90 Å². The van der Waals surface area contributed by atoms with Gasteiger partial charge >= 0.3 is 11.8 Å². The molecule has 2 aromatic carbocycles. The Bertz CT molecular complexity index is 905. The van der Waals surface area contributed by atoms with Crippen LogP contribution in [0.5, 0.6) is 0 Å². The van der Waals surface area contributed by atoms with Crippen molar-refractivity contribution in [3.05, 3.63) is 65.5 Å². The monoisotopic (exact) mass is 368 g/mol. The SMILES string of the molecule is O=C(c1nnc(-c2cccc(Cl)c2)o1)N1CCN(c2ccccc2)CC1. The van der Waals surface area contributed by atoms with Crippen LogP contribution in [-0.4, -0.2) is 47.2 Å². The van der Waals surface area contributed by atoms with Crippen molar-refractivity contribution in [3.63, 3.8) is 0 Å². The van der Waals surface area contributed by atoms with Crippen molar-refractivity contribution in [2.24, 2.45) is 0 Å². The fraction of sp³-hybridized carbons (Fsp3) is 0.211. The Balaban J connectivity index is 1.43. The highest BCUT2D eigenvalue weighted by atomic mass is 35.5. The lowest BCUT2D eigenvalue weighted by molar-refractivity contribution is 0.0707. The number of hydrogen-bond acceptors (Lipinski definition) is 5. The van der Waals surface area contributed by atoms with Crippen molar-refractivity contribution < 1.29 is 9.21 Å². The third-order valence-electron chi connectivity index (χ3n) is 4.37. The molecule has 1 aliphatic rings. The predicted molar refractivity (Wildman–Crippen MR) is 99.3 cm³/mol. The molecule has 6 nitrogen and oxygen atoms in total. The fourth-order valence-electron chi connectivity index (χ4n) is 2.99. The molecule has 0 unspecified atom stereocenters. The number of anilines is 1. The highest BCUT2D eigenvalue weighted by molar-refractivity contribution is 6.30. The van der Waals surface area contributed by atoms with Crippen LogP contribution in [0.2, 0.25) is 5.02 Å². The zero-order valence-corrected chi connectivity index (χ0v) is 14.8. The van der Waals surface area contributed by atoms with E-state index in [9.17, 15) is 4.79 Å². The minimum Gasteiger partial charge on any atom is -0.412 e. The van der Waals surface area contributed by atoms with Gasteiger partial charge in [-0.2, -0.15) is 0 Å². The molecule has 26 heavy (non-hydrogen) atoms. The Labute approximate surface area is 156 Å². The van der Waals surface area contributed by atoms with Gasteiger partial charge in [0.25, 0.3) is 0 Å². The number of carbonyl (C=O) groups excluding carboxylic acids is 1. The van der Waals surface area contributed by atoms with Gasteiger partial charge < -0.3 is 14.2 Å². The molecule has 1 aliphatic heterocycles. The number of benzene rings is 2. The summed E-state index contributed by atoms with van der Waals surface area (Å²) in [6, 6.07) is 17.3. The Morgan fingerprint density at radius 3 is 2.46 bits per heavy atom. The van der Waals surface area contributed by atoms with Gasteiger partial charge in [-0.15, -0.1) is 10.2 Å². The van der Waals surface area contributed by atoms with Crippen molar-refractivity contribution in [1.82, 2.24) is 15.1 Å². The molecule has 132 valence electrons. The number of carbonyl (C=O) groups is 1. The lowest BCUT2D eigenvalue weighted by atomic mass is 10.2. The molecule has 1 amide bonds. The molecule has 0 radical (unpaired) electrons. The Morgan fingerprint density at radius 1 is 0.962 bits per heavy atom. The molecule has 3 aromatic rings. The van der Waals surface area contributed by atoms with Crippen molar-refractivity contribution in [1.29, 1.82) is 0 Å². The standard InChI is InChI=1S/C19H17ClN4O2/c20-15-6-4-5-14(13-15)17-21-22-18(26-17)19(25)24-11-9-23(10-12-24)16-7-2-1-3-8-16/h1-8,13H,9-12H2. The van der Waals surface area contributed by atoms with Crippen LogP contribution in [0.1, 0.15) is 10.7 Å². The molecule has 7 heteroatoms. The van der Waals surface area contributed by atoms with Gasteiger partial charge in [0.2, 0.25) is 5.89 Å². The van der Waals surface area contributed by atoms with E-state index in [2.05, 4.69) is 27.2 Å². The number of para-hydroxylation sites is 1. The Kier molecular flexibility index (Phi) is 4.58. The fourth-order valence-corrected chi connectivity index (χ4v) is 3.18. The van der Waals surface area contributed by atoms with Gasteiger partial charge in [0.1, 0.15) is 0 Å². The van der Waals surface area contributed by atoms with Gasteiger partial charge in [-0.25, -0.2) is 0 Å². The summed E-state index contributed by atoms with van der Waals surface area (Å²) < 4.78 is 5.57. The third kappa shape index (κ3) is 3.41. The second kappa shape index (κ2) is 7.17. The molecular weight excluding hydrogens is 352 g/mol. The van der Waals surface area contributed by atoms with Crippen LogP contribution in [0, 0.1) is 0 Å². The van der Waals surface area contributed by atoms with Crippen LogP contribution in [0.4, 0.5) is 5.69 Å². The third-order valence-corrected chi connectivity index (χ3v) is 4.60. The largest absolute Gasteiger partial charge is 0.412 e. The van der Waals surface area contributed by atoms with Gasteiger partial charge in [-0.1, -0.05) is 35.9 Å². The van der Waals surface area contributed by atoms with Crippen molar-refractivity contribution in [2.75, 3.05) is 31.1 Å². The van der Waals surface area contributed by atoms with E-state index >= 15 is 0 Å². The molecule has 0 aliphatic carbocycles. The first-order chi connectivity index (χ1) is 12.7. The molecule has 1 aromatic heterocycles. The Hall–Kier alpha value is -2.86. The maximum Gasteiger partial charge on any atom is 0.311 e. The van der Waals surface area contributed by atoms with Gasteiger partial charge in [-0.3, -0.25) is 4.79 Å². The van der Waals surface area contributed by atoms with E-state index in [0.29, 0.717) is 29.6 Å². The van der Waals surface area contributed by atoms with E-state index in [-0.39, 0.29) is 11.8 Å². The Morgan fingerprint density at radius 2 is 1.73 bits per heavy atom. The summed E-state index contributed by atoms with van der Waals surface area (Å²) in [5.74, 6) is 0.0606. The van der Waals surface area contributed by atoms with Crippen molar-refractivity contribution in [2.45, 2.75) is 0 Å². The number of hydrogen-bond donors (Lipinski definition) is 0. The topological polar surface area (TPSA) is 62.5 Å². The quantitative estimate of drug-likeness (QED) is 0.709. The summed E-state index contributed by atoms with van der Waals surface area (Å²) in [5.41, 5.74) is 1.86. The summed E-state index contributed by atoms with van der Waals surface area (Å²) in [4.78, 5) is 16.6. The van der Waals surface area contributed by atoms with E-state index < -0.39 is 0 Å². The number of aromatic nitrogens is 2. The normalized spacial score (nSPS) is 14.5. The molecule has 0 N–H and O–H groups in total. The van der Waals surface area contributed by atoms with E-state index in [0.717, 1.165) is 13.1 Å². The molecule has 1 saturated heterocycles. The van der Waals surface area contributed by atoms with E-state index in [4.69, 9.17) is 16.0 Å². The summed E-state index contributed by atoms with van der Waals surface area (Å²) in [5, 5.41) is 8.46. The molecule has 0 saturated carbocycles. The van der Waals surface area contributed by atoms with Crippen LogP contribution in [-0.2, 0) is 0 Å². The minimum absolute atomic E-state index is 0.00753. The lowest BCUT2D eigenvalue weighted by Gasteiger charge is -2.35. The number of amides is 1.